The van der Waals surface area contributed by atoms with Gasteiger partial charge in [-0.05, 0) is 66.8 Å². The van der Waals surface area contributed by atoms with Crippen LogP contribution in [0.5, 0.6) is 5.88 Å². The first-order chi connectivity index (χ1) is 7.69. The second kappa shape index (κ2) is 5.15. The molecule has 1 aromatic heterocycles. The van der Waals surface area contributed by atoms with Gasteiger partial charge >= 0.3 is 0 Å². The predicted molar refractivity (Wildman–Crippen MR) is 67.7 cm³/mol. The van der Waals surface area contributed by atoms with Gasteiger partial charge in [-0.3, -0.25) is 0 Å². The summed E-state index contributed by atoms with van der Waals surface area (Å²) in [5, 5.41) is 3.19. The van der Waals surface area contributed by atoms with E-state index in [0.717, 1.165) is 41.2 Å². The highest BCUT2D eigenvalue weighted by Crippen LogP contribution is 2.32. The Kier molecular flexibility index (Phi) is 3.82. The van der Waals surface area contributed by atoms with Gasteiger partial charge in [0.15, 0.2) is 0 Å². The molecule has 3 nitrogen and oxygen atoms in total. The summed E-state index contributed by atoms with van der Waals surface area (Å²) in [4.78, 5) is 4.29. The number of nitrogens with one attached hydrogen (secondary N) is 1. The second-order valence-electron chi connectivity index (χ2n) is 4.43. The molecule has 0 unspecified atom stereocenters. The van der Waals surface area contributed by atoms with Crippen LogP contribution in [0.4, 0.5) is 0 Å². The molecule has 1 saturated carbocycles. The second-order valence-corrected chi connectivity index (χ2v) is 5.29. The summed E-state index contributed by atoms with van der Waals surface area (Å²) in [6, 6.07) is 2.03. The van der Waals surface area contributed by atoms with Crippen LogP contribution in [0.3, 0.4) is 0 Å². The molecule has 1 fully saturated rings. The van der Waals surface area contributed by atoms with Crippen LogP contribution in [-0.2, 0) is 0 Å². The van der Waals surface area contributed by atoms with Crippen LogP contribution in [-0.4, -0.2) is 24.7 Å². The number of hydrogen-bond donors (Lipinski definition) is 1. The van der Waals surface area contributed by atoms with Crippen LogP contribution in [0.1, 0.15) is 18.4 Å². The fraction of sp³-hybridized carbons (Fsp3) is 0.583. The van der Waals surface area contributed by atoms with E-state index in [1.165, 1.54) is 0 Å². The maximum absolute atomic E-state index is 5.83. The Balaban J connectivity index is 1.87. The number of pyridine rings is 1. The van der Waals surface area contributed by atoms with Gasteiger partial charge in [0.05, 0.1) is 4.47 Å². The van der Waals surface area contributed by atoms with E-state index in [1.807, 2.05) is 26.2 Å². The molecule has 0 aliphatic heterocycles. The molecule has 0 atom stereocenters. The van der Waals surface area contributed by atoms with E-state index in [2.05, 4.69) is 26.2 Å². The Bertz CT molecular complexity index is 364. The lowest BCUT2D eigenvalue weighted by Gasteiger charge is -2.35. The summed E-state index contributed by atoms with van der Waals surface area (Å²) in [6.45, 7) is 3.11. The van der Waals surface area contributed by atoms with Crippen LogP contribution >= 0.6 is 15.9 Å². The first kappa shape index (κ1) is 11.9. The highest BCUT2D eigenvalue weighted by atomic mass is 79.9. The molecule has 1 aliphatic rings. The molecule has 16 heavy (non-hydrogen) atoms. The van der Waals surface area contributed by atoms with E-state index in [4.69, 9.17) is 4.74 Å². The van der Waals surface area contributed by atoms with Crippen molar-refractivity contribution in [2.24, 2.45) is 5.92 Å². The molecule has 1 heterocycles. The van der Waals surface area contributed by atoms with Crippen molar-refractivity contribution in [2.75, 3.05) is 13.6 Å². The zero-order chi connectivity index (χ0) is 11.5. The molecule has 0 aromatic carbocycles. The molecule has 1 aromatic rings. The van der Waals surface area contributed by atoms with E-state index in [1.54, 1.807) is 0 Å². The molecule has 0 bridgehead atoms. The lowest BCUT2D eigenvalue weighted by molar-refractivity contribution is 0.0609. The minimum Gasteiger partial charge on any atom is -0.474 e. The van der Waals surface area contributed by atoms with Gasteiger partial charge in [-0.1, -0.05) is 0 Å². The van der Waals surface area contributed by atoms with Gasteiger partial charge in [-0.2, -0.15) is 0 Å². The van der Waals surface area contributed by atoms with Crippen molar-refractivity contribution >= 4 is 15.9 Å². The van der Waals surface area contributed by atoms with Gasteiger partial charge < -0.3 is 10.1 Å². The SMILES string of the molecule is CNCC1CC(Oc2ncc(C)cc2Br)C1. The van der Waals surface area contributed by atoms with E-state index in [0.29, 0.717) is 6.10 Å². The lowest BCUT2D eigenvalue weighted by atomic mass is 9.82. The third-order valence-corrected chi connectivity index (χ3v) is 3.48. The summed E-state index contributed by atoms with van der Waals surface area (Å²) < 4.78 is 6.78. The third-order valence-electron chi connectivity index (χ3n) is 2.91. The zero-order valence-electron chi connectivity index (χ0n) is 9.66. The third kappa shape index (κ3) is 2.74. The fourth-order valence-corrected chi connectivity index (χ4v) is 2.55. The van der Waals surface area contributed by atoms with E-state index < -0.39 is 0 Å². The topological polar surface area (TPSA) is 34.1 Å². The average molecular weight is 285 g/mol. The number of aromatic nitrogens is 1. The Hall–Kier alpha value is -0.610. The average Bonchev–Trinajstić information content (AvgIpc) is 2.18. The van der Waals surface area contributed by atoms with Gasteiger partial charge in [0.25, 0.3) is 0 Å². The molecule has 1 aliphatic carbocycles. The van der Waals surface area contributed by atoms with Crippen LogP contribution in [0.2, 0.25) is 0 Å². The van der Waals surface area contributed by atoms with Gasteiger partial charge in [0.1, 0.15) is 6.10 Å². The van der Waals surface area contributed by atoms with Crippen molar-refractivity contribution in [2.45, 2.75) is 25.9 Å². The van der Waals surface area contributed by atoms with Gasteiger partial charge in [-0.25, -0.2) is 4.98 Å². The number of halogens is 1. The molecule has 88 valence electrons. The van der Waals surface area contributed by atoms with Gasteiger partial charge in [0, 0.05) is 6.20 Å². The van der Waals surface area contributed by atoms with Crippen molar-refractivity contribution < 1.29 is 4.74 Å². The number of hydrogen-bond acceptors (Lipinski definition) is 3. The Morgan fingerprint density at radius 2 is 2.31 bits per heavy atom. The maximum atomic E-state index is 5.83. The number of aryl methyl sites for hydroxylation is 1. The summed E-state index contributed by atoms with van der Waals surface area (Å²) in [7, 11) is 1.99. The Morgan fingerprint density at radius 1 is 1.56 bits per heavy atom. The van der Waals surface area contributed by atoms with Crippen LogP contribution < -0.4 is 10.1 Å². The minimum atomic E-state index is 0.338. The summed E-state index contributed by atoms with van der Waals surface area (Å²) >= 11 is 3.47. The van der Waals surface area contributed by atoms with E-state index in [9.17, 15) is 0 Å². The van der Waals surface area contributed by atoms with Crippen molar-refractivity contribution in [3.63, 3.8) is 0 Å². The number of nitrogens with zero attached hydrogens (tertiary/aromatic N) is 1. The normalized spacial score (nSPS) is 23.9. The van der Waals surface area contributed by atoms with Crippen molar-refractivity contribution in [3.8, 4) is 5.88 Å². The highest BCUT2D eigenvalue weighted by molar-refractivity contribution is 9.10. The smallest absolute Gasteiger partial charge is 0.228 e. The quantitative estimate of drug-likeness (QED) is 0.923. The van der Waals surface area contributed by atoms with Crippen molar-refractivity contribution in [1.82, 2.24) is 10.3 Å². The van der Waals surface area contributed by atoms with Gasteiger partial charge in [-0.15, -0.1) is 0 Å². The van der Waals surface area contributed by atoms with E-state index >= 15 is 0 Å². The summed E-state index contributed by atoms with van der Waals surface area (Å²) in [6.07, 6.45) is 4.43. The number of rotatable bonds is 4. The molecule has 0 radical (unpaired) electrons. The predicted octanol–water partition coefficient (Wildman–Crippen LogP) is 2.53. The first-order valence-electron chi connectivity index (χ1n) is 5.62. The largest absolute Gasteiger partial charge is 0.474 e. The summed E-state index contributed by atoms with van der Waals surface area (Å²) in [5.74, 6) is 1.48. The minimum absolute atomic E-state index is 0.338. The summed E-state index contributed by atoms with van der Waals surface area (Å²) in [5.41, 5.74) is 1.14. The van der Waals surface area contributed by atoms with Crippen molar-refractivity contribution in [1.29, 1.82) is 0 Å². The Morgan fingerprint density at radius 3 is 2.94 bits per heavy atom. The monoisotopic (exact) mass is 284 g/mol. The molecule has 1 N–H and O–H groups in total. The number of ether oxygens (including phenoxy) is 1. The zero-order valence-corrected chi connectivity index (χ0v) is 11.3. The highest BCUT2D eigenvalue weighted by Gasteiger charge is 2.30. The maximum Gasteiger partial charge on any atom is 0.228 e. The van der Waals surface area contributed by atoms with Crippen LogP contribution in [0.25, 0.3) is 0 Å². The molecule has 0 spiro atoms. The molecular weight excluding hydrogens is 268 g/mol. The molecule has 0 saturated heterocycles. The first-order valence-corrected chi connectivity index (χ1v) is 6.41. The fourth-order valence-electron chi connectivity index (χ4n) is 1.99. The van der Waals surface area contributed by atoms with Crippen LogP contribution in [0.15, 0.2) is 16.7 Å². The van der Waals surface area contributed by atoms with Crippen molar-refractivity contribution in [3.05, 3.63) is 22.3 Å². The molecular formula is C12H17BrN2O. The lowest BCUT2D eigenvalue weighted by Crippen LogP contribution is -2.38. The van der Waals surface area contributed by atoms with Gasteiger partial charge in [0.2, 0.25) is 5.88 Å². The Labute approximate surface area is 105 Å². The molecule has 4 heteroatoms. The molecule has 2 rings (SSSR count). The van der Waals surface area contributed by atoms with E-state index in [-0.39, 0.29) is 0 Å². The molecule has 0 amide bonds. The van der Waals surface area contributed by atoms with Crippen LogP contribution in [0, 0.1) is 12.8 Å². The standard InChI is InChI=1S/C12H17BrN2O/c1-8-3-11(13)12(15-6-8)16-10-4-9(5-10)7-14-2/h3,6,9-10,14H,4-5,7H2,1-2H3.